The van der Waals surface area contributed by atoms with Gasteiger partial charge in [0.15, 0.2) is 0 Å². The molecule has 6 nitrogen and oxygen atoms in total. The van der Waals surface area contributed by atoms with Gasteiger partial charge in [-0.25, -0.2) is 4.98 Å². The molecule has 1 aliphatic rings. The van der Waals surface area contributed by atoms with E-state index in [-0.39, 0.29) is 5.91 Å². The van der Waals surface area contributed by atoms with Crippen LogP contribution in [0.25, 0.3) is 5.65 Å². The smallest absolute Gasteiger partial charge is 0.260 e. The molecule has 140 valence electrons. The van der Waals surface area contributed by atoms with Gasteiger partial charge in [0.25, 0.3) is 5.91 Å². The van der Waals surface area contributed by atoms with Gasteiger partial charge < -0.3 is 19.2 Å². The van der Waals surface area contributed by atoms with E-state index in [9.17, 15) is 4.79 Å². The molecule has 1 aliphatic heterocycles. The molecular weight excluding hydrogens is 366 g/mol. The van der Waals surface area contributed by atoms with Crippen molar-refractivity contribution in [2.24, 2.45) is 0 Å². The molecule has 0 radical (unpaired) electrons. The summed E-state index contributed by atoms with van der Waals surface area (Å²) >= 11 is 5.99. The van der Waals surface area contributed by atoms with Crippen LogP contribution in [0, 0.1) is 0 Å². The van der Waals surface area contributed by atoms with E-state index in [2.05, 4.69) is 5.32 Å². The number of pyridine rings is 1. The zero-order valence-corrected chi connectivity index (χ0v) is 15.7. The Kier molecular flexibility index (Phi) is 5.01. The first-order valence-electron chi connectivity index (χ1n) is 8.85. The molecule has 4 rings (SSSR count). The number of aromatic nitrogens is 2. The molecule has 27 heavy (non-hydrogen) atoms. The zero-order chi connectivity index (χ0) is 18.8. The Morgan fingerprint density at radius 1 is 1.30 bits per heavy atom. The molecule has 7 heteroatoms. The van der Waals surface area contributed by atoms with Gasteiger partial charge in [0.05, 0.1) is 18.4 Å². The molecule has 0 atom stereocenters. The average molecular weight is 386 g/mol. The number of imidazole rings is 1. The minimum atomic E-state index is -0.266. The second-order valence-corrected chi connectivity index (χ2v) is 6.97. The molecule has 0 bridgehead atoms. The highest BCUT2D eigenvalue weighted by Gasteiger charge is 2.21. The van der Waals surface area contributed by atoms with Crippen LogP contribution in [0.4, 0.5) is 5.69 Å². The third-order valence-corrected chi connectivity index (χ3v) is 5.00. The SMILES string of the molecule is COc1cc2nc(C3CCOCC3)cn2cc1C(=O)Nc1cccc(Cl)c1. The number of benzene rings is 1. The molecule has 3 heterocycles. The summed E-state index contributed by atoms with van der Waals surface area (Å²) < 4.78 is 12.7. The van der Waals surface area contributed by atoms with Crippen molar-refractivity contribution in [2.75, 3.05) is 25.6 Å². The van der Waals surface area contributed by atoms with Crippen molar-refractivity contribution in [3.63, 3.8) is 0 Å². The first-order chi connectivity index (χ1) is 13.1. The van der Waals surface area contributed by atoms with Crippen LogP contribution < -0.4 is 10.1 Å². The molecule has 1 N–H and O–H groups in total. The molecule has 0 unspecified atom stereocenters. The lowest BCUT2D eigenvalue weighted by Crippen LogP contribution is -2.14. The van der Waals surface area contributed by atoms with Crippen molar-refractivity contribution in [1.82, 2.24) is 9.38 Å². The standard InChI is InChI=1S/C20H20ClN3O3/c1-26-18-10-19-23-17(13-5-7-27-8-6-13)12-24(19)11-16(18)20(25)22-15-4-2-3-14(21)9-15/h2-4,9-13H,5-8H2,1H3,(H,22,25). The number of nitrogens with zero attached hydrogens (tertiary/aromatic N) is 2. The summed E-state index contributed by atoms with van der Waals surface area (Å²) in [4.78, 5) is 17.5. The lowest BCUT2D eigenvalue weighted by molar-refractivity contribution is 0.0846. The number of nitrogens with one attached hydrogen (secondary N) is 1. The lowest BCUT2D eigenvalue weighted by Gasteiger charge is -2.19. The van der Waals surface area contributed by atoms with Gasteiger partial charge in [-0.05, 0) is 31.0 Å². The van der Waals surface area contributed by atoms with Crippen LogP contribution in [-0.2, 0) is 4.74 Å². The van der Waals surface area contributed by atoms with E-state index in [1.165, 1.54) is 0 Å². The Morgan fingerprint density at radius 3 is 2.85 bits per heavy atom. The van der Waals surface area contributed by atoms with Gasteiger partial charge in [-0.2, -0.15) is 0 Å². The van der Waals surface area contributed by atoms with Gasteiger partial charge >= 0.3 is 0 Å². The molecule has 0 aliphatic carbocycles. The van der Waals surface area contributed by atoms with E-state index in [1.807, 2.05) is 10.6 Å². The van der Waals surface area contributed by atoms with Crippen LogP contribution in [0.15, 0.2) is 42.7 Å². The van der Waals surface area contributed by atoms with Gasteiger partial charge in [0, 0.05) is 48.3 Å². The molecule has 1 amide bonds. The van der Waals surface area contributed by atoms with Gasteiger partial charge in [-0.3, -0.25) is 4.79 Å². The fourth-order valence-corrected chi connectivity index (χ4v) is 3.52. The summed E-state index contributed by atoms with van der Waals surface area (Å²) in [5, 5.41) is 3.42. The number of hydrogen-bond donors (Lipinski definition) is 1. The minimum Gasteiger partial charge on any atom is -0.496 e. The normalized spacial score (nSPS) is 15.0. The molecule has 2 aromatic heterocycles. The Morgan fingerprint density at radius 2 is 2.11 bits per heavy atom. The number of ether oxygens (including phenoxy) is 2. The largest absolute Gasteiger partial charge is 0.496 e. The van der Waals surface area contributed by atoms with E-state index >= 15 is 0 Å². The number of halogens is 1. The van der Waals surface area contributed by atoms with E-state index in [0.29, 0.717) is 27.9 Å². The number of methoxy groups -OCH3 is 1. The molecular formula is C20H20ClN3O3. The van der Waals surface area contributed by atoms with Gasteiger partial charge in [0.2, 0.25) is 0 Å². The summed E-state index contributed by atoms with van der Waals surface area (Å²) in [5.41, 5.74) is 2.84. The van der Waals surface area contributed by atoms with E-state index in [4.69, 9.17) is 26.1 Å². The number of carbonyl (C=O) groups is 1. The minimum absolute atomic E-state index is 0.266. The molecule has 1 fully saturated rings. The predicted octanol–water partition coefficient (Wildman–Crippen LogP) is 4.14. The maximum absolute atomic E-state index is 12.8. The number of rotatable bonds is 4. The maximum Gasteiger partial charge on any atom is 0.260 e. The summed E-state index contributed by atoms with van der Waals surface area (Å²) in [6.45, 7) is 1.52. The number of anilines is 1. The Hall–Kier alpha value is -2.57. The fraction of sp³-hybridized carbons (Fsp3) is 0.300. The molecule has 0 spiro atoms. The van der Waals surface area contributed by atoms with Crippen molar-refractivity contribution in [2.45, 2.75) is 18.8 Å². The van der Waals surface area contributed by atoms with Crippen LogP contribution in [0.5, 0.6) is 5.75 Å². The van der Waals surface area contributed by atoms with Crippen molar-refractivity contribution in [3.8, 4) is 5.75 Å². The highest BCUT2D eigenvalue weighted by molar-refractivity contribution is 6.31. The van der Waals surface area contributed by atoms with Gasteiger partial charge in [-0.15, -0.1) is 0 Å². The molecule has 1 saturated heterocycles. The monoisotopic (exact) mass is 385 g/mol. The van der Waals surface area contributed by atoms with Crippen LogP contribution >= 0.6 is 11.6 Å². The highest BCUT2D eigenvalue weighted by Crippen LogP contribution is 2.29. The molecule has 0 saturated carbocycles. The van der Waals surface area contributed by atoms with Crippen molar-refractivity contribution >= 4 is 28.8 Å². The average Bonchev–Trinajstić information content (AvgIpc) is 3.10. The number of hydrogen-bond acceptors (Lipinski definition) is 4. The second-order valence-electron chi connectivity index (χ2n) is 6.54. The Balaban J connectivity index is 1.65. The van der Waals surface area contributed by atoms with Gasteiger partial charge in [0.1, 0.15) is 11.4 Å². The summed E-state index contributed by atoms with van der Waals surface area (Å²) in [7, 11) is 1.55. The van der Waals surface area contributed by atoms with E-state index in [0.717, 1.165) is 37.4 Å². The van der Waals surface area contributed by atoms with E-state index < -0.39 is 0 Å². The highest BCUT2D eigenvalue weighted by atomic mass is 35.5. The Bertz CT molecular complexity index is 980. The maximum atomic E-state index is 12.8. The summed E-state index contributed by atoms with van der Waals surface area (Å²) in [6, 6.07) is 8.82. The van der Waals surface area contributed by atoms with Crippen LogP contribution in [0.3, 0.4) is 0 Å². The number of fused-ring (bicyclic) bond motifs is 1. The van der Waals surface area contributed by atoms with Crippen molar-refractivity contribution in [1.29, 1.82) is 0 Å². The first-order valence-corrected chi connectivity index (χ1v) is 9.23. The zero-order valence-electron chi connectivity index (χ0n) is 14.9. The summed E-state index contributed by atoms with van der Waals surface area (Å²) in [5.74, 6) is 0.594. The van der Waals surface area contributed by atoms with Crippen molar-refractivity contribution in [3.05, 3.63) is 59.0 Å². The quantitative estimate of drug-likeness (QED) is 0.733. The van der Waals surface area contributed by atoms with Crippen LogP contribution in [-0.4, -0.2) is 35.6 Å². The number of amides is 1. The third kappa shape index (κ3) is 3.77. The number of carbonyl (C=O) groups excluding carboxylic acids is 1. The second kappa shape index (κ2) is 7.58. The fourth-order valence-electron chi connectivity index (χ4n) is 3.33. The predicted molar refractivity (Wildman–Crippen MR) is 104 cm³/mol. The first kappa shape index (κ1) is 17.8. The Labute approximate surface area is 162 Å². The lowest BCUT2D eigenvalue weighted by atomic mass is 9.97. The topological polar surface area (TPSA) is 64.9 Å². The van der Waals surface area contributed by atoms with Gasteiger partial charge in [-0.1, -0.05) is 17.7 Å². The van der Waals surface area contributed by atoms with Crippen molar-refractivity contribution < 1.29 is 14.3 Å². The molecule has 1 aromatic carbocycles. The third-order valence-electron chi connectivity index (χ3n) is 4.76. The summed E-state index contributed by atoms with van der Waals surface area (Å²) in [6.07, 6.45) is 5.66. The van der Waals surface area contributed by atoms with E-state index in [1.54, 1.807) is 43.6 Å². The van der Waals surface area contributed by atoms with Crippen LogP contribution in [0.1, 0.15) is 34.8 Å². The molecule has 3 aromatic rings. The van der Waals surface area contributed by atoms with Crippen LogP contribution in [0.2, 0.25) is 5.02 Å².